The molecule has 7 nitrogen and oxygen atoms in total. The molecule has 3 heterocycles. The Bertz CT molecular complexity index is 787. The molecule has 2 atom stereocenters. The Kier molecular flexibility index (Phi) is 4.05. The Morgan fingerprint density at radius 3 is 2.81 bits per heavy atom. The van der Waals surface area contributed by atoms with Gasteiger partial charge in [-0.2, -0.15) is 4.98 Å². The summed E-state index contributed by atoms with van der Waals surface area (Å²) in [5, 5.41) is 14.4. The molecule has 0 bridgehead atoms. The van der Waals surface area contributed by atoms with Crippen molar-refractivity contribution in [3.05, 3.63) is 24.1 Å². The summed E-state index contributed by atoms with van der Waals surface area (Å²) in [4.78, 5) is 7.02. The lowest BCUT2D eigenvalue weighted by Gasteiger charge is -2.33. The van der Waals surface area contributed by atoms with Gasteiger partial charge in [-0.05, 0) is 37.5 Å². The van der Waals surface area contributed by atoms with Crippen molar-refractivity contribution < 1.29 is 19.1 Å². The van der Waals surface area contributed by atoms with Crippen molar-refractivity contribution in [3.8, 4) is 22.9 Å². The van der Waals surface area contributed by atoms with Gasteiger partial charge in [-0.3, -0.25) is 4.90 Å². The highest BCUT2D eigenvalue weighted by atomic mass is 16.7. The standard InChI is InChI=1S/C19H23N3O4/c23-14-9-15(22(10-14)13-4-2-1-3-5-13)19-20-18(21-26-19)12-6-7-16-17(8-12)25-11-24-16/h6-8,13-15,23H,1-5,9-11H2. The maximum atomic E-state index is 10.2. The molecule has 0 spiro atoms. The van der Waals surface area contributed by atoms with Crippen molar-refractivity contribution in [1.82, 2.24) is 15.0 Å². The van der Waals surface area contributed by atoms with Gasteiger partial charge in [0.1, 0.15) is 0 Å². The minimum atomic E-state index is -0.331. The van der Waals surface area contributed by atoms with Crippen LogP contribution < -0.4 is 9.47 Å². The van der Waals surface area contributed by atoms with Crippen LogP contribution in [-0.4, -0.2) is 45.6 Å². The lowest BCUT2D eigenvalue weighted by molar-refractivity contribution is 0.110. The predicted octanol–water partition coefficient (Wildman–Crippen LogP) is 2.91. The maximum absolute atomic E-state index is 10.2. The number of aromatic nitrogens is 2. The van der Waals surface area contributed by atoms with Crippen LogP contribution in [0.25, 0.3) is 11.4 Å². The molecule has 2 aromatic rings. The van der Waals surface area contributed by atoms with E-state index in [0.717, 1.165) is 11.3 Å². The molecular weight excluding hydrogens is 334 g/mol. The van der Waals surface area contributed by atoms with Crippen LogP contribution in [-0.2, 0) is 0 Å². The molecule has 1 aliphatic carbocycles. The number of benzene rings is 1. The van der Waals surface area contributed by atoms with E-state index in [1.807, 2.05) is 18.2 Å². The first-order chi connectivity index (χ1) is 12.8. The van der Waals surface area contributed by atoms with Gasteiger partial charge in [-0.15, -0.1) is 0 Å². The first kappa shape index (κ1) is 16.1. The lowest BCUT2D eigenvalue weighted by atomic mass is 9.94. The quantitative estimate of drug-likeness (QED) is 0.904. The minimum Gasteiger partial charge on any atom is -0.454 e. The molecule has 26 heavy (non-hydrogen) atoms. The SMILES string of the molecule is OC1CC(c2nc(-c3ccc4c(c3)OCO4)no2)N(C2CCCCC2)C1. The molecule has 1 N–H and O–H groups in total. The maximum Gasteiger partial charge on any atom is 0.244 e. The average Bonchev–Trinajstić information content (AvgIpc) is 3.40. The molecule has 7 heteroatoms. The first-order valence-corrected chi connectivity index (χ1v) is 9.45. The van der Waals surface area contributed by atoms with E-state index >= 15 is 0 Å². The average molecular weight is 357 g/mol. The summed E-state index contributed by atoms with van der Waals surface area (Å²) in [6.45, 7) is 0.934. The van der Waals surface area contributed by atoms with E-state index < -0.39 is 0 Å². The van der Waals surface area contributed by atoms with E-state index in [4.69, 9.17) is 14.0 Å². The Morgan fingerprint density at radius 2 is 1.92 bits per heavy atom. The van der Waals surface area contributed by atoms with Crippen LogP contribution in [0.2, 0.25) is 0 Å². The number of fused-ring (bicyclic) bond motifs is 1. The number of ether oxygens (including phenoxy) is 2. The highest BCUT2D eigenvalue weighted by molar-refractivity contribution is 5.61. The van der Waals surface area contributed by atoms with Crippen LogP contribution in [0.1, 0.15) is 50.5 Å². The molecule has 0 radical (unpaired) electrons. The largest absolute Gasteiger partial charge is 0.454 e. The summed E-state index contributed by atoms with van der Waals surface area (Å²) in [7, 11) is 0. The Hall–Kier alpha value is -2.12. The van der Waals surface area contributed by atoms with E-state index in [0.29, 0.717) is 36.5 Å². The summed E-state index contributed by atoms with van der Waals surface area (Å²) in [6.07, 6.45) is 6.53. The monoisotopic (exact) mass is 357 g/mol. The minimum absolute atomic E-state index is 0.00311. The Morgan fingerprint density at radius 1 is 1.08 bits per heavy atom. The topological polar surface area (TPSA) is 80.9 Å². The zero-order valence-corrected chi connectivity index (χ0v) is 14.6. The van der Waals surface area contributed by atoms with Gasteiger partial charge in [0.15, 0.2) is 11.5 Å². The van der Waals surface area contributed by atoms with E-state index in [1.54, 1.807) is 0 Å². The fourth-order valence-corrected chi connectivity index (χ4v) is 4.42. The van der Waals surface area contributed by atoms with Gasteiger partial charge in [-0.25, -0.2) is 0 Å². The number of hydrogen-bond acceptors (Lipinski definition) is 7. The van der Waals surface area contributed by atoms with Crippen molar-refractivity contribution in [2.24, 2.45) is 0 Å². The molecule has 1 saturated heterocycles. The molecule has 138 valence electrons. The van der Waals surface area contributed by atoms with Gasteiger partial charge < -0.3 is 19.1 Å². The van der Waals surface area contributed by atoms with Gasteiger partial charge in [0.05, 0.1) is 12.1 Å². The lowest BCUT2D eigenvalue weighted by Crippen LogP contribution is -2.37. The Labute approximate surface area is 151 Å². The highest BCUT2D eigenvalue weighted by Gasteiger charge is 2.40. The summed E-state index contributed by atoms with van der Waals surface area (Å²) in [5.41, 5.74) is 0.840. The van der Waals surface area contributed by atoms with Crippen LogP contribution in [0.4, 0.5) is 0 Å². The fourth-order valence-electron chi connectivity index (χ4n) is 4.42. The van der Waals surface area contributed by atoms with Crippen LogP contribution in [0.3, 0.4) is 0 Å². The van der Waals surface area contributed by atoms with Gasteiger partial charge >= 0.3 is 0 Å². The highest BCUT2D eigenvalue weighted by Crippen LogP contribution is 2.39. The first-order valence-electron chi connectivity index (χ1n) is 9.45. The van der Waals surface area contributed by atoms with E-state index in [1.165, 1.54) is 32.1 Å². The molecule has 3 aliphatic rings. The van der Waals surface area contributed by atoms with Crippen molar-refractivity contribution in [1.29, 1.82) is 0 Å². The third-order valence-electron chi connectivity index (χ3n) is 5.72. The normalized spacial score (nSPS) is 26.5. The zero-order chi connectivity index (χ0) is 17.5. The molecule has 1 aromatic carbocycles. The van der Waals surface area contributed by atoms with Gasteiger partial charge in [0.2, 0.25) is 18.5 Å². The Balaban J connectivity index is 1.40. The molecule has 1 saturated carbocycles. The van der Waals surface area contributed by atoms with Crippen LogP contribution in [0.5, 0.6) is 11.5 Å². The summed E-state index contributed by atoms with van der Waals surface area (Å²) >= 11 is 0. The second kappa shape index (κ2) is 6.55. The second-order valence-corrected chi connectivity index (χ2v) is 7.42. The second-order valence-electron chi connectivity index (χ2n) is 7.42. The predicted molar refractivity (Wildman–Crippen MR) is 92.8 cm³/mol. The van der Waals surface area contributed by atoms with Crippen LogP contribution >= 0.6 is 0 Å². The third-order valence-corrected chi connectivity index (χ3v) is 5.72. The number of aliphatic hydroxyl groups excluding tert-OH is 1. The third kappa shape index (κ3) is 2.85. The number of likely N-dealkylation sites (tertiary alicyclic amines) is 1. The molecule has 1 aromatic heterocycles. The number of nitrogens with zero attached hydrogens (tertiary/aromatic N) is 3. The van der Waals surface area contributed by atoms with Gasteiger partial charge in [0.25, 0.3) is 0 Å². The summed E-state index contributed by atoms with van der Waals surface area (Å²) in [6, 6.07) is 6.15. The molecule has 5 rings (SSSR count). The summed E-state index contributed by atoms with van der Waals surface area (Å²) in [5.74, 6) is 2.58. The number of β-amino-alcohol motifs (C(OH)–C–C–N with tert-alkyl or cyclic N) is 1. The smallest absolute Gasteiger partial charge is 0.244 e. The number of aliphatic hydroxyl groups is 1. The van der Waals surface area contributed by atoms with Crippen molar-refractivity contribution in [2.75, 3.05) is 13.3 Å². The van der Waals surface area contributed by atoms with E-state index in [2.05, 4.69) is 15.0 Å². The summed E-state index contributed by atoms with van der Waals surface area (Å²) < 4.78 is 16.4. The molecule has 2 fully saturated rings. The number of hydrogen-bond donors (Lipinski definition) is 1. The van der Waals surface area contributed by atoms with Crippen LogP contribution in [0, 0.1) is 0 Å². The van der Waals surface area contributed by atoms with E-state index in [9.17, 15) is 5.11 Å². The molecule has 2 unspecified atom stereocenters. The van der Waals surface area contributed by atoms with Gasteiger partial charge in [0, 0.05) is 18.2 Å². The fraction of sp³-hybridized carbons (Fsp3) is 0.579. The van der Waals surface area contributed by atoms with Crippen molar-refractivity contribution >= 4 is 0 Å². The van der Waals surface area contributed by atoms with Crippen molar-refractivity contribution in [3.63, 3.8) is 0 Å². The van der Waals surface area contributed by atoms with Crippen LogP contribution in [0.15, 0.2) is 22.7 Å². The number of rotatable bonds is 3. The van der Waals surface area contributed by atoms with Crippen molar-refractivity contribution in [2.45, 2.75) is 56.7 Å². The molecule has 2 aliphatic heterocycles. The molecular formula is C19H23N3O4. The zero-order valence-electron chi connectivity index (χ0n) is 14.6. The van der Waals surface area contributed by atoms with Gasteiger partial charge in [-0.1, -0.05) is 24.4 Å². The molecule has 0 amide bonds. The van der Waals surface area contributed by atoms with E-state index in [-0.39, 0.29) is 18.9 Å².